The second-order valence-electron chi connectivity index (χ2n) is 6.75. The van der Waals surface area contributed by atoms with Gasteiger partial charge in [0.25, 0.3) is 5.65 Å². The normalized spacial score (nSPS) is 11.7. The highest BCUT2D eigenvalue weighted by Crippen LogP contribution is 2.42. The lowest BCUT2D eigenvalue weighted by atomic mass is 10.4. The second-order valence-corrected chi connectivity index (χ2v) is 12.2. The molecule has 2 heterocycles. The fourth-order valence-corrected chi connectivity index (χ4v) is 7.87. The zero-order valence-electron chi connectivity index (χ0n) is 17.4. The van der Waals surface area contributed by atoms with E-state index >= 15 is 0 Å². The minimum Gasteiger partial charge on any atom is -0.726 e. The van der Waals surface area contributed by atoms with Crippen LogP contribution in [0.25, 0.3) is 5.65 Å². The molecule has 0 aliphatic heterocycles. The van der Waals surface area contributed by atoms with Crippen molar-refractivity contribution in [1.29, 1.82) is 0 Å². The number of benzene rings is 2. The first-order valence-electron chi connectivity index (χ1n) is 9.39. The minimum absolute atomic E-state index is 0.808. The number of hydrogen-bond donors (Lipinski definition) is 0. The third kappa shape index (κ3) is 4.79. The molecule has 0 amide bonds. The summed E-state index contributed by atoms with van der Waals surface area (Å²) in [5.41, 5.74) is 3.62. The molecule has 0 fully saturated rings. The molecule has 31 heavy (non-hydrogen) atoms. The molecule has 2 aromatic heterocycles. The van der Waals surface area contributed by atoms with Gasteiger partial charge in [0.1, 0.15) is 5.69 Å². The van der Waals surface area contributed by atoms with Gasteiger partial charge in [-0.3, -0.25) is 4.18 Å². The van der Waals surface area contributed by atoms with Crippen LogP contribution in [-0.2, 0) is 33.4 Å². The van der Waals surface area contributed by atoms with Gasteiger partial charge in [-0.15, -0.1) is 0 Å². The Morgan fingerprint density at radius 3 is 1.84 bits per heavy atom. The van der Waals surface area contributed by atoms with E-state index in [4.69, 9.17) is 11.8 Å². The average Bonchev–Trinajstić information content (AvgIpc) is 3.05. The van der Waals surface area contributed by atoms with Gasteiger partial charge in [0.2, 0.25) is 10.4 Å². The first-order chi connectivity index (χ1) is 14.7. The van der Waals surface area contributed by atoms with Gasteiger partial charge in [0, 0.05) is 13.0 Å². The number of rotatable bonds is 4. The van der Waals surface area contributed by atoms with Crippen molar-refractivity contribution in [3.63, 3.8) is 0 Å². The van der Waals surface area contributed by atoms with Gasteiger partial charge in [0.05, 0.1) is 26.4 Å². The van der Waals surface area contributed by atoms with E-state index in [0.717, 1.165) is 12.8 Å². The topological polar surface area (TPSA) is 75.5 Å². The molecular weight excluding hydrogens is 451 g/mol. The van der Waals surface area contributed by atoms with Crippen LogP contribution in [0, 0.1) is 6.92 Å². The SMILES string of the molecule is COS(=O)(=O)[O-].Cc1c(P(=S)(c2ccccc2)c2ccccc2)[n+]2ccccc2n1C. The molecule has 0 aliphatic carbocycles. The van der Waals surface area contributed by atoms with Crippen LogP contribution in [0.15, 0.2) is 85.1 Å². The van der Waals surface area contributed by atoms with Crippen molar-refractivity contribution in [2.24, 2.45) is 7.05 Å². The highest BCUT2D eigenvalue weighted by molar-refractivity contribution is 8.25. The third-order valence-electron chi connectivity index (χ3n) is 4.98. The summed E-state index contributed by atoms with van der Waals surface area (Å²) in [5, 5.41) is 2.45. The van der Waals surface area contributed by atoms with Gasteiger partial charge in [-0.1, -0.05) is 78.5 Å². The Hall–Kier alpha value is -2.35. The summed E-state index contributed by atoms with van der Waals surface area (Å²) >= 11 is 6.51. The van der Waals surface area contributed by atoms with Crippen LogP contribution < -0.4 is 20.4 Å². The van der Waals surface area contributed by atoms with Gasteiger partial charge in [-0.2, -0.15) is 4.40 Å². The van der Waals surface area contributed by atoms with Gasteiger partial charge >= 0.3 is 0 Å². The van der Waals surface area contributed by atoms with Crippen molar-refractivity contribution in [2.75, 3.05) is 7.11 Å². The van der Waals surface area contributed by atoms with E-state index in [0.29, 0.717) is 0 Å². The number of pyridine rings is 1. The van der Waals surface area contributed by atoms with Gasteiger partial charge in [0.15, 0.2) is 5.44 Å². The Morgan fingerprint density at radius 2 is 1.39 bits per heavy atom. The molecule has 0 saturated heterocycles. The molecule has 4 rings (SSSR count). The zero-order valence-corrected chi connectivity index (χ0v) is 19.9. The molecular formula is C22H23N2O4PS2. The van der Waals surface area contributed by atoms with Crippen molar-refractivity contribution in [3.8, 4) is 0 Å². The maximum Gasteiger partial charge on any atom is 0.286 e. The van der Waals surface area contributed by atoms with Crippen LogP contribution in [0.1, 0.15) is 5.69 Å². The van der Waals surface area contributed by atoms with Crippen LogP contribution >= 0.6 is 6.04 Å². The van der Waals surface area contributed by atoms with Gasteiger partial charge in [-0.05, 0) is 16.7 Å². The standard InChI is InChI=1S/C21H20N2PS.CH4O4S/c1-17-21(23-16-10-9-15-20(23)22(17)2)24(25,18-11-5-3-6-12-18)19-13-7-4-8-14-19;1-5-6(2,3)4/h3-16H,1-2H3;1H3,(H,2,3,4)/q+1;/p-1. The molecule has 0 aliphatic rings. The van der Waals surface area contributed by atoms with Crippen molar-refractivity contribution in [3.05, 3.63) is 90.8 Å². The highest BCUT2D eigenvalue weighted by Gasteiger charge is 2.35. The maximum absolute atomic E-state index is 9.22. The molecule has 0 bridgehead atoms. The molecule has 0 atom stereocenters. The lowest BCUT2D eigenvalue weighted by Gasteiger charge is -2.21. The Morgan fingerprint density at radius 1 is 0.935 bits per heavy atom. The highest BCUT2D eigenvalue weighted by atomic mass is 32.4. The van der Waals surface area contributed by atoms with E-state index in [1.807, 2.05) is 0 Å². The third-order valence-corrected chi connectivity index (χ3v) is 10.4. The predicted octanol–water partition coefficient (Wildman–Crippen LogP) is 1.92. The van der Waals surface area contributed by atoms with E-state index in [1.54, 1.807) is 0 Å². The average molecular weight is 475 g/mol. The molecule has 2 aromatic carbocycles. The van der Waals surface area contributed by atoms with E-state index in [9.17, 15) is 13.0 Å². The van der Waals surface area contributed by atoms with E-state index in [-0.39, 0.29) is 0 Å². The summed E-state index contributed by atoms with van der Waals surface area (Å²) in [5.74, 6) is 0. The van der Waals surface area contributed by atoms with Crippen LogP contribution in [-0.4, -0.2) is 24.6 Å². The molecule has 6 nitrogen and oxygen atoms in total. The number of fused-ring (bicyclic) bond motifs is 1. The largest absolute Gasteiger partial charge is 0.726 e. The van der Waals surface area contributed by atoms with E-state index in [2.05, 4.69) is 112 Å². The molecule has 0 radical (unpaired) electrons. The minimum atomic E-state index is -4.41. The number of hydrogen-bond acceptors (Lipinski definition) is 5. The summed E-state index contributed by atoms with van der Waals surface area (Å²) in [6, 6.07) is 25.3. The fraction of sp³-hybridized carbons (Fsp3) is 0.136. The number of imidazole rings is 1. The summed E-state index contributed by atoms with van der Waals surface area (Å²) in [6.07, 6.45) is 2.13. The Kier molecular flexibility index (Phi) is 7.09. The van der Waals surface area contributed by atoms with E-state index in [1.165, 1.54) is 21.7 Å². The lowest BCUT2D eigenvalue weighted by molar-refractivity contribution is -0.490. The molecule has 0 spiro atoms. The summed E-state index contributed by atoms with van der Waals surface area (Å²) in [7, 11) is -1.49. The maximum atomic E-state index is 9.22. The number of aromatic nitrogens is 2. The molecule has 0 N–H and O–H groups in total. The van der Waals surface area contributed by atoms with Crippen LogP contribution in [0.5, 0.6) is 0 Å². The van der Waals surface area contributed by atoms with E-state index < -0.39 is 16.4 Å². The number of nitrogens with zero attached hydrogens (tertiary/aromatic N) is 2. The zero-order chi connectivity index (χ0) is 22.6. The van der Waals surface area contributed by atoms with Gasteiger partial charge < -0.3 is 4.55 Å². The predicted molar refractivity (Wildman–Crippen MR) is 126 cm³/mol. The van der Waals surface area contributed by atoms with Crippen molar-refractivity contribution < 1.29 is 21.6 Å². The monoisotopic (exact) mass is 474 g/mol. The molecule has 162 valence electrons. The molecule has 0 saturated carbocycles. The van der Waals surface area contributed by atoms with Crippen LogP contribution in [0.4, 0.5) is 0 Å². The first-order valence-corrected chi connectivity index (χ1v) is 13.5. The summed E-state index contributed by atoms with van der Waals surface area (Å²) in [6.45, 7) is 2.18. The summed E-state index contributed by atoms with van der Waals surface area (Å²) < 4.78 is 35.5. The van der Waals surface area contributed by atoms with Crippen molar-refractivity contribution >= 4 is 49.9 Å². The van der Waals surface area contributed by atoms with Crippen LogP contribution in [0.2, 0.25) is 0 Å². The Labute approximate surface area is 187 Å². The Balaban J connectivity index is 0.000000401. The Bertz CT molecular complexity index is 1290. The molecule has 0 unspecified atom stereocenters. The van der Waals surface area contributed by atoms with Crippen molar-refractivity contribution in [1.82, 2.24) is 4.57 Å². The summed E-state index contributed by atoms with van der Waals surface area (Å²) in [4.78, 5) is 0. The second kappa shape index (κ2) is 9.42. The van der Waals surface area contributed by atoms with Gasteiger partial charge in [-0.25, -0.2) is 13.0 Å². The van der Waals surface area contributed by atoms with Crippen LogP contribution in [0.3, 0.4) is 0 Å². The number of aryl methyl sites for hydroxylation is 1. The lowest BCUT2D eigenvalue weighted by Crippen LogP contribution is -2.42. The fourth-order valence-electron chi connectivity index (χ4n) is 3.43. The molecule has 4 aromatic rings. The molecule has 9 heteroatoms. The first kappa shape index (κ1) is 23.3. The van der Waals surface area contributed by atoms with Crippen molar-refractivity contribution in [2.45, 2.75) is 6.92 Å². The smallest absolute Gasteiger partial charge is 0.286 e. The quantitative estimate of drug-likeness (QED) is 0.196.